The molecule has 7 nitrogen and oxygen atoms in total. The number of carbonyl (C=O) groups excluding carboxylic acids is 1. The van der Waals surface area contributed by atoms with Gasteiger partial charge in [-0.3, -0.25) is 14.9 Å². The molecule has 30 heavy (non-hydrogen) atoms. The van der Waals surface area contributed by atoms with Crippen LogP contribution in [0.15, 0.2) is 47.8 Å². The maximum Gasteiger partial charge on any atom is 0.339 e. The minimum Gasteiger partial charge on any atom is -0.478 e. The van der Waals surface area contributed by atoms with Crippen LogP contribution in [0.5, 0.6) is 0 Å². The van der Waals surface area contributed by atoms with Crippen LogP contribution >= 0.6 is 22.9 Å². The summed E-state index contributed by atoms with van der Waals surface area (Å²) in [5, 5.41) is 23.5. The first-order valence-electron chi connectivity index (χ1n) is 8.99. The van der Waals surface area contributed by atoms with Crippen molar-refractivity contribution in [2.45, 2.75) is 18.9 Å². The molecular formula is C21H15ClN2O5S. The van der Waals surface area contributed by atoms with E-state index in [1.165, 1.54) is 28.4 Å². The molecular weight excluding hydrogens is 428 g/mol. The average Bonchev–Trinajstić information content (AvgIpc) is 3.33. The molecule has 1 heterocycles. The number of nitrogens with zero attached hydrogens (tertiary/aromatic N) is 2. The van der Waals surface area contributed by atoms with Crippen LogP contribution in [0.2, 0.25) is 5.02 Å². The van der Waals surface area contributed by atoms with Crippen molar-refractivity contribution >= 4 is 46.0 Å². The van der Waals surface area contributed by atoms with Gasteiger partial charge in [0.2, 0.25) is 6.41 Å². The average molecular weight is 443 g/mol. The topological polar surface area (TPSA) is 101 Å². The van der Waals surface area contributed by atoms with Gasteiger partial charge in [-0.05, 0) is 41.7 Å². The van der Waals surface area contributed by atoms with Crippen LogP contribution in [0, 0.1) is 10.1 Å². The first-order valence-corrected chi connectivity index (χ1v) is 10.3. The maximum atomic E-state index is 12.1. The Labute approximate surface area is 180 Å². The zero-order chi connectivity index (χ0) is 21.4. The summed E-state index contributed by atoms with van der Waals surface area (Å²) in [7, 11) is 0. The van der Waals surface area contributed by atoms with E-state index in [1.807, 2.05) is 0 Å². The third-order valence-electron chi connectivity index (χ3n) is 5.19. The number of benzene rings is 2. The fraction of sp³-hybridized carbons (Fsp3) is 0.143. The summed E-state index contributed by atoms with van der Waals surface area (Å²) in [6.45, 7) is 0. The molecule has 3 aromatic rings. The Morgan fingerprint density at radius 3 is 2.53 bits per heavy atom. The van der Waals surface area contributed by atoms with E-state index in [-0.39, 0.29) is 17.3 Å². The molecule has 1 aliphatic carbocycles. The SMILES string of the molecule is O=CN(c1scc(-c2ccc(Cl)cc2)c1C(=O)O)C1Cc2ccc([N+](=O)[O-])cc2C1. The molecule has 0 bridgehead atoms. The summed E-state index contributed by atoms with van der Waals surface area (Å²) >= 11 is 7.11. The van der Waals surface area contributed by atoms with E-state index in [0.717, 1.165) is 11.1 Å². The normalized spacial score (nSPS) is 14.9. The Morgan fingerprint density at radius 1 is 1.20 bits per heavy atom. The summed E-state index contributed by atoms with van der Waals surface area (Å²) in [6.07, 6.45) is 1.55. The summed E-state index contributed by atoms with van der Waals surface area (Å²) in [6, 6.07) is 11.2. The molecule has 1 N–H and O–H groups in total. The minimum atomic E-state index is -1.13. The smallest absolute Gasteiger partial charge is 0.339 e. The molecule has 4 rings (SSSR count). The van der Waals surface area contributed by atoms with Crippen molar-refractivity contribution in [1.82, 2.24) is 0 Å². The number of nitro groups is 1. The Bertz CT molecular complexity index is 1160. The van der Waals surface area contributed by atoms with Gasteiger partial charge < -0.3 is 10.0 Å². The molecule has 152 valence electrons. The molecule has 0 aliphatic heterocycles. The Hall–Kier alpha value is -3.23. The van der Waals surface area contributed by atoms with Crippen LogP contribution < -0.4 is 4.90 Å². The third kappa shape index (κ3) is 3.55. The van der Waals surface area contributed by atoms with E-state index in [0.29, 0.717) is 40.4 Å². The predicted molar refractivity (Wildman–Crippen MR) is 115 cm³/mol. The first-order chi connectivity index (χ1) is 14.4. The number of fused-ring (bicyclic) bond motifs is 1. The van der Waals surface area contributed by atoms with Crippen LogP contribution in [0.25, 0.3) is 11.1 Å². The van der Waals surface area contributed by atoms with Crippen molar-refractivity contribution in [2.24, 2.45) is 0 Å². The fourth-order valence-electron chi connectivity index (χ4n) is 3.78. The largest absolute Gasteiger partial charge is 0.478 e. The van der Waals surface area contributed by atoms with Gasteiger partial charge in [0.1, 0.15) is 10.6 Å². The van der Waals surface area contributed by atoms with Crippen LogP contribution in [0.4, 0.5) is 10.7 Å². The number of nitro benzene ring substituents is 1. The molecule has 0 saturated heterocycles. The van der Waals surface area contributed by atoms with Gasteiger partial charge in [-0.25, -0.2) is 4.79 Å². The predicted octanol–water partition coefficient (Wildman–Crippen LogP) is 4.81. The molecule has 9 heteroatoms. The molecule has 1 aromatic heterocycles. The summed E-state index contributed by atoms with van der Waals surface area (Å²) in [5.41, 5.74) is 2.97. The van der Waals surface area contributed by atoms with E-state index < -0.39 is 10.9 Å². The van der Waals surface area contributed by atoms with Crippen molar-refractivity contribution in [1.29, 1.82) is 0 Å². The lowest BCUT2D eigenvalue weighted by molar-refractivity contribution is -0.384. The summed E-state index contributed by atoms with van der Waals surface area (Å²) < 4.78 is 0. The number of hydrogen-bond donors (Lipinski definition) is 1. The van der Waals surface area contributed by atoms with E-state index in [1.54, 1.807) is 35.7 Å². The van der Waals surface area contributed by atoms with Crippen LogP contribution in [-0.2, 0) is 17.6 Å². The van der Waals surface area contributed by atoms with Gasteiger partial charge in [0, 0.05) is 34.1 Å². The monoisotopic (exact) mass is 442 g/mol. The number of carbonyl (C=O) groups is 2. The Balaban J connectivity index is 1.70. The van der Waals surface area contributed by atoms with Crippen molar-refractivity contribution < 1.29 is 19.6 Å². The molecule has 0 radical (unpaired) electrons. The van der Waals surface area contributed by atoms with E-state index >= 15 is 0 Å². The highest BCUT2D eigenvalue weighted by Gasteiger charge is 2.32. The highest BCUT2D eigenvalue weighted by atomic mass is 35.5. The minimum absolute atomic E-state index is 0.000531. The number of amides is 1. The molecule has 1 amide bonds. The first kappa shape index (κ1) is 20.1. The number of aromatic carboxylic acids is 1. The fourth-order valence-corrected chi connectivity index (χ4v) is 5.02. The summed E-state index contributed by atoms with van der Waals surface area (Å²) in [5.74, 6) is -1.13. The standard InChI is InChI=1S/C21H15ClN2O5S/c22-15-4-1-12(2-5-15)18-10-30-20(19(18)21(26)27)23(11-25)17-7-13-3-6-16(24(28)29)8-14(13)9-17/h1-6,8,10-11,17H,7,9H2,(H,26,27). The van der Waals surface area contributed by atoms with Gasteiger partial charge in [-0.2, -0.15) is 0 Å². The zero-order valence-corrected chi connectivity index (χ0v) is 17.0. The highest BCUT2D eigenvalue weighted by Crippen LogP contribution is 2.40. The van der Waals surface area contributed by atoms with E-state index in [9.17, 15) is 24.8 Å². The lowest BCUT2D eigenvalue weighted by Crippen LogP contribution is -2.35. The van der Waals surface area contributed by atoms with Gasteiger partial charge in [0.05, 0.1) is 4.92 Å². The molecule has 0 spiro atoms. The van der Waals surface area contributed by atoms with Crippen LogP contribution in [0.3, 0.4) is 0 Å². The molecule has 0 fully saturated rings. The van der Waals surface area contributed by atoms with Crippen LogP contribution in [0.1, 0.15) is 21.5 Å². The number of hydrogen-bond acceptors (Lipinski definition) is 5. The number of thiophene rings is 1. The zero-order valence-electron chi connectivity index (χ0n) is 15.4. The third-order valence-corrected chi connectivity index (χ3v) is 6.44. The second-order valence-corrected chi connectivity index (χ2v) is 8.22. The quantitative estimate of drug-likeness (QED) is 0.335. The highest BCUT2D eigenvalue weighted by molar-refractivity contribution is 7.15. The van der Waals surface area contributed by atoms with Gasteiger partial charge >= 0.3 is 5.97 Å². The number of carboxylic acid groups (broad SMARTS) is 1. The molecule has 1 atom stereocenters. The van der Waals surface area contributed by atoms with Crippen molar-refractivity contribution in [2.75, 3.05) is 4.90 Å². The van der Waals surface area contributed by atoms with Crippen molar-refractivity contribution in [3.05, 3.63) is 79.7 Å². The molecule has 2 aromatic carbocycles. The second kappa shape index (κ2) is 7.89. The summed E-state index contributed by atoms with van der Waals surface area (Å²) in [4.78, 5) is 36.1. The van der Waals surface area contributed by atoms with Gasteiger partial charge in [-0.15, -0.1) is 11.3 Å². The number of anilines is 1. The van der Waals surface area contributed by atoms with Crippen molar-refractivity contribution in [3.8, 4) is 11.1 Å². The lowest BCUT2D eigenvalue weighted by Gasteiger charge is -2.24. The van der Waals surface area contributed by atoms with Crippen LogP contribution in [-0.4, -0.2) is 28.5 Å². The number of rotatable bonds is 6. The van der Waals surface area contributed by atoms with Gasteiger partial charge in [-0.1, -0.05) is 29.8 Å². The molecule has 0 saturated carbocycles. The number of halogens is 1. The number of non-ortho nitro benzene ring substituents is 1. The van der Waals surface area contributed by atoms with E-state index in [2.05, 4.69) is 0 Å². The van der Waals surface area contributed by atoms with Crippen molar-refractivity contribution in [3.63, 3.8) is 0 Å². The number of carboxylic acids is 1. The Morgan fingerprint density at radius 2 is 1.90 bits per heavy atom. The second-order valence-electron chi connectivity index (χ2n) is 6.93. The molecule has 1 aliphatic rings. The maximum absolute atomic E-state index is 12.1. The van der Waals surface area contributed by atoms with Gasteiger partial charge in [0.25, 0.3) is 5.69 Å². The Kier molecular flexibility index (Phi) is 5.27. The lowest BCUT2D eigenvalue weighted by atomic mass is 10.0. The van der Waals surface area contributed by atoms with E-state index in [4.69, 9.17) is 11.6 Å². The van der Waals surface area contributed by atoms with Gasteiger partial charge in [0.15, 0.2) is 0 Å². The molecule has 1 unspecified atom stereocenters.